The third kappa shape index (κ3) is 4.08. The number of nitrogens with one attached hydrogen (secondary N) is 1. The van der Waals surface area contributed by atoms with Crippen molar-refractivity contribution in [2.24, 2.45) is 0 Å². The van der Waals surface area contributed by atoms with Crippen molar-refractivity contribution in [2.75, 3.05) is 34.2 Å². The van der Waals surface area contributed by atoms with E-state index < -0.39 is 10.1 Å². The van der Waals surface area contributed by atoms with Gasteiger partial charge in [-0.2, -0.15) is 8.42 Å². The van der Waals surface area contributed by atoms with E-state index in [1.54, 1.807) is 21.3 Å². The van der Waals surface area contributed by atoms with E-state index >= 15 is 0 Å². The number of benzene rings is 1. The first-order valence-corrected chi connectivity index (χ1v) is 8.86. The largest absolute Gasteiger partial charge is 0.493 e. The lowest BCUT2D eigenvalue weighted by molar-refractivity contribution is 0.315. The first-order chi connectivity index (χ1) is 10.9. The fourth-order valence-corrected chi connectivity index (χ4v) is 2.84. The molecule has 0 aliphatic heterocycles. The zero-order valence-corrected chi connectivity index (χ0v) is 14.5. The molecule has 0 saturated heterocycles. The molecule has 1 N–H and O–H groups in total. The van der Waals surface area contributed by atoms with Gasteiger partial charge >= 0.3 is 0 Å². The summed E-state index contributed by atoms with van der Waals surface area (Å²) in [6.07, 6.45) is 2.27. The number of hydrogen-bond acceptors (Lipinski definition) is 6. The Morgan fingerprint density at radius 2 is 1.74 bits per heavy atom. The van der Waals surface area contributed by atoms with Gasteiger partial charge in [-0.15, -0.1) is 0 Å². The van der Waals surface area contributed by atoms with Crippen molar-refractivity contribution in [1.82, 2.24) is 4.98 Å². The number of rotatable bonds is 8. The molecular formula is C15H21NO6S. The molecule has 128 valence electrons. The summed E-state index contributed by atoms with van der Waals surface area (Å²) < 4.78 is 42.7. The third-order valence-electron chi connectivity index (χ3n) is 3.37. The number of ether oxygens (including phenoxy) is 3. The molecule has 0 aliphatic rings. The van der Waals surface area contributed by atoms with Gasteiger partial charge in [0.1, 0.15) is 0 Å². The van der Waals surface area contributed by atoms with E-state index in [4.69, 9.17) is 18.4 Å². The van der Waals surface area contributed by atoms with Crippen molar-refractivity contribution in [3.05, 3.63) is 17.8 Å². The molecule has 0 bridgehead atoms. The third-order valence-corrected chi connectivity index (χ3v) is 3.96. The van der Waals surface area contributed by atoms with E-state index in [1.807, 2.05) is 12.1 Å². The van der Waals surface area contributed by atoms with Gasteiger partial charge in [0.15, 0.2) is 11.5 Å². The average molecular weight is 343 g/mol. The molecule has 7 nitrogen and oxygen atoms in total. The second kappa shape index (κ2) is 7.10. The molecule has 0 atom stereocenters. The van der Waals surface area contributed by atoms with Crippen LogP contribution in [0, 0.1) is 0 Å². The molecule has 23 heavy (non-hydrogen) atoms. The average Bonchev–Trinajstić information content (AvgIpc) is 2.90. The number of aromatic nitrogens is 1. The van der Waals surface area contributed by atoms with Crippen LogP contribution in [0.4, 0.5) is 0 Å². The molecule has 1 aromatic heterocycles. The van der Waals surface area contributed by atoms with Crippen LogP contribution in [-0.4, -0.2) is 47.6 Å². The highest BCUT2D eigenvalue weighted by molar-refractivity contribution is 7.85. The summed E-state index contributed by atoms with van der Waals surface area (Å²) in [4.78, 5) is 3.27. The molecule has 1 heterocycles. The number of H-pyrrole nitrogens is 1. The lowest BCUT2D eigenvalue weighted by atomic mass is 10.2. The Hall–Kier alpha value is -1.93. The molecule has 0 unspecified atom stereocenters. The van der Waals surface area contributed by atoms with Crippen molar-refractivity contribution in [1.29, 1.82) is 0 Å². The topological polar surface area (TPSA) is 86.9 Å². The van der Waals surface area contributed by atoms with Crippen LogP contribution >= 0.6 is 0 Å². The standard InChI is InChI=1S/C15H21NO6S/c1-19-13-9-12-11(14(20-2)15(13)21-3)8-10(16-12)6-5-7-22-23(4,17)18/h8-9,16H,5-7H2,1-4H3. The number of fused-ring (bicyclic) bond motifs is 1. The molecular weight excluding hydrogens is 322 g/mol. The van der Waals surface area contributed by atoms with Crippen LogP contribution in [0.1, 0.15) is 12.1 Å². The molecule has 2 aromatic rings. The zero-order chi connectivity index (χ0) is 17.0. The van der Waals surface area contributed by atoms with E-state index in [-0.39, 0.29) is 6.61 Å². The number of hydrogen-bond donors (Lipinski definition) is 1. The molecule has 1 aromatic carbocycles. The van der Waals surface area contributed by atoms with Gasteiger partial charge in [-0.25, -0.2) is 0 Å². The van der Waals surface area contributed by atoms with Gasteiger partial charge in [-0.05, 0) is 18.9 Å². The van der Waals surface area contributed by atoms with Crippen molar-refractivity contribution in [3.63, 3.8) is 0 Å². The number of aromatic amines is 1. The van der Waals surface area contributed by atoms with Crippen LogP contribution in [0.5, 0.6) is 17.2 Å². The normalized spacial score (nSPS) is 11.7. The summed E-state index contributed by atoms with van der Waals surface area (Å²) in [5.41, 5.74) is 1.81. The summed E-state index contributed by atoms with van der Waals surface area (Å²) in [5.74, 6) is 1.70. The van der Waals surface area contributed by atoms with E-state index in [0.29, 0.717) is 30.1 Å². The molecule has 0 amide bonds. The van der Waals surface area contributed by atoms with Gasteiger partial charge in [-0.3, -0.25) is 4.18 Å². The van der Waals surface area contributed by atoms with Gasteiger partial charge in [0.2, 0.25) is 5.75 Å². The van der Waals surface area contributed by atoms with Crippen LogP contribution in [0.25, 0.3) is 10.9 Å². The van der Waals surface area contributed by atoms with Crippen molar-refractivity contribution in [3.8, 4) is 17.2 Å². The molecule has 8 heteroatoms. The molecule has 0 fully saturated rings. The maximum Gasteiger partial charge on any atom is 0.264 e. The first kappa shape index (κ1) is 17.4. The lowest BCUT2D eigenvalue weighted by Crippen LogP contribution is -2.04. The van der Waals surface area contributed by atoms with Gasteiger partial charge in [0, 0.05) is 17.1 Å². The van der Waals surface area contributed by atoms with Gasteiger partial charge in [0.05, 0.1) is 39.7 Å². The van der Waals surface area contributed by atoms with Crippen LogP contribution in [0.2, 0.25) is 0 Å². The van der Waals surface area contributed by atoms with E-state index in [2.05, 4.69) is 4.98 Å². The van der Waals surface area contributed by atoms with Crippen molar-refractivity contribution in [2.45, 2.75) is 12.8 Å². The van der Waals surface area contributed by atoms with Crippen LogP contribution < -0.4 is 14.2 Å². The fraction of sp³-hybridized carbons (Fsp3) is 0.467. The van der Waals surface area contributed by atoms with E-state index in [0.717, 1.165) is 22.9 Å². The Bertz CT molecular complexity index is 781. The maximum absolute atomic E-state index is 10.9. The highest BCUT2D eigenvalue weighted by Crippen LogP contribution is 2.43. The number of methoxy groups -OCH3 is 3. The summed E-state index contributed by atoms with van der Waals surface area (Å²) >= 11 is 0. The lowest BCUT2D eigenvalue weighted by Gasteiger charge is -2.12. The predicted molar refractivity (Wildman–Crippen MR) is 87.1 cm³/mol. The van der Waals surface area contributed by atoms with Crippen molar-refractivity contribution >= 4 is 21.0 Å². The van der Waals surface area contributed by atoms with Crippen LogP contribution in [-0.2, 0) is 20.7 Å². The Balaban J connectivity index is 2.24. The zero-order valence-electron chi connectivity index (χ0n) is 13.6. The maximum atomic E-state index is 10.9. The van der Waals surface area contributed by atoms with Crippen LogP contribution in [0.15, 0.2) is 12.1 Å². The summed E-state index contributed by atoms with van der Waals surface area (Å²) in [7, 11) is 1.30. The van der Waals surface area contributed by atoms with Crippen LogP contribution in [0.3, 0.4) is 0 Å². The Labute approximate surface area is 135 Å². The van der Waals surface area contributed by atoms with E-state index in [1.165, 1.54) is 0 Å². The van der Waals surface area contributed by atoms with E-state index in [9.17, 15) is 8.42 Å². The molecule has 2 rings (SSSR count). The molecule has 0 aliphatic carbocycles. The highest BCUT2D eigenvalue weighted by atomic mass is 32.2. The minimum atomic E-state index is -3.40. The molecule has 0 saturated carbocycles. The predicted octanol–water partition coefficient (Wildman–Crippen LogP) is 2.10. The van der Waals surface area contributed by atoms with Gasteiger partial charge in [0.25, 0.3) is 10.1 Å². The summed E-state index contributed by atoms with van der Waals surface area (Å²) in [6, 6.07) is 3.80. The minimum absolute atomic E-state index is 0.151. The second-order valence-corrected chi connectivity index (χ2v) is 6.67. The minimum Gasteiger partial charge on any atom is -0.493 e. The smallest absolute Gasteiger partial charge is 0.264 e. The fourth-order valence-electron chi connectivity index (χ4n) is 2.42. The van der Waals surface area contributed by atoms with Gasteiger partial charge < -0.3 is 19.2 Å². The quantitative estimate of drug-likeness (QED) is 0.583. The SMILES string of the molecule is COc1cc2[nH]c(CCCOS(C)(=O)=O)cc2c(OC)c1OC. The second-order valence-electron chi connectivity index (χ2n) is 5.03. The Morgan fingerprint density at radius 3 is 2.30 bits per heavy atom. The Morgan fingerprint density at radius 1 is 1.04 bits per heavy atom. The summed E-state index contributed by atoms with van der Waals surface area (Å²) in [6.45, 7) is 0.151. The monoisotopic (exact) mass is 343 g/mol. The number of aryl methyl sites for hydroxylation is 1. The highest BCUT2D eigenvalue weighted by Gasteiger charge is 2.17. The molecule has 0 radical (unpaired) electrons. The van der Waals surface area contributed by atoms with Crippen molar-refractivity contribution < 1.29 is 26.8 Å². The first-order valence-electron chi connectivity index (χ1n) is 7.04. The van der Waals surface area contributed by atoms with Gasteiger partial charge in [-0.1, -0.05) is 0 Å². The molecule has 0 spiro atoms. The summed E-state index contributed by atoms with van der Waals surface area (Å²) in [5, 5.41) is 0.879. The Kier molecular flexibility index (Phi) is 5.38.